The third-order valence-electron chi connectivity index (χ3n) is 14.3. The molecule has 0 rings (SSSR count). The van der Waals surface area contributed by atoms with Gasteiger partial charge in [-0.1, -0.05) is 301 Å². The number of hydrogen-bond acceptors (Lipinski definition) is 5. The Morgan fingerprint density at radius 1 is 0.412 bits per heavy atom. The summed E-state index contributed by atoms with van der Waals surface area (Å²) < 4.78 is 5.47. The minimum atomic E-state index is -0.700. The summed E-state index contributed by atoms with van der Waals surface area (Å²) in [4.78, 5) is 24.5. The van der Waals surface area contributed by atoms with Crippen LogP contribution >= 0.6 is 0 Å². The van der Waals surface area contributed by atoms with Gasteiger partial charge in [-0.05, 0) is 44.9 Å². The van der Waals surface area contributed by atoms with Crippen LogP contribution in [0.15, 0.2) is 24.3 Å². The van der Waals surface area contributed by atoms with Crippen LogP contribution in [0.5, 0.6) is 0 Å². The van der Waals surface area contributed by atoms with Crippen LogP contribution in [0.2, 0.25) is 0 Å². The molecule has 2 unspecified atom stereocenters. The normalized spacial score (nSPS) is 12.7. The zero-order chi connectivity index (χ0) is 49.3. The monoisotopic (exact) mass is 958 g/mol. The van der Waals surface area contributed by atoms with Crippen LogP contribution in [0.1, 0.15) is 335 Å². The molecule has 0 aromatic heterocycles. The summed E-state index contributed by atoms with van der Waals surface area (Å²) in [6.07, 6.45) is 70.5. The fraction of sp³-hybridized carbons (Fsp3) is 0.903. The second-order valence-corrected chi connectivity index (χ2v) is 21.0. The van der Waals surface area contributed by atoms with E-state index in [1.54, 1.807) is 0 Å². The number of amides is 1. The minimum Gasteiger partial charge on any atom is -0.466 e. The van der Waals surface area contributed by atoms with Crippen molar-refractivity contribution in [3.8, 4) is 0 Å². The summed E-state index contributed by atoms with van der Waals surface area (Å²) in [5.74, 6) is -0.124. The molecule has 1 amide bonds. The smallest absolute Gasteiger partial charge is 0.305 e. The molecule has 0 heterocycles. The SMILES string of the molecule is CCCCCCCCCCCCCCCCCCCCCCCC(O)C(CO)NC(=O)CC/C=C\C/C=C\CCCCCCCCOC(=O)CCCCCCCCCCCCCCCCCCC. The Balaban J connectivity index is 3.51. The molecule has 2 atom stereocenters. The van der Waals surface area contributed by atoms with Crippen molar-refractivity contribution in [3.05, 3.63) is 24.3 Å². The van der Waals surface area contributed by atoms with E-state index in [4.69, 9.17) is 4.74 Å². The highest BCUT2D eigenvalue weighted by molar-refractivity contribution is 5.76. The third kappa shape index (κ3) is 53.7. The maximum absolute atomic E-state index is 12.5. The summed E-state index contributed by atoms with van der Waals surface area (Å²) in [6.45, 7) is 4.92. The lowest BCUT2D eigenvalue weighted by atomic mass is 10.0. The lowest BCUT2D eigenvalue weighted by Crippen LogP contribution is -2.45. The summed E-state index contributed by atoms with van der Waals surface area (Å²) in [7, 11) is 0. The second kappa shape index (κ2) is 57.9. The van der Waals surface area contributed by atoms with Crippen molar-refractivity contribution in [2.45, 2.75) is 347 Å². The Morgan fingerprint density at radius 2 is 0.750 bits per heavy atom. The molecule has 0 saturated carbocycles. The van der Waals surface area contributed by atoms with Gasteiger partial charge in [-0.15, -0.1) is 0 Å². The van der Waals surface area contributed by atoms with Gasteiger partial charge in [0.05, 0.1) is 25.4 Å². The Morgan fingerprint density at radius 3 is 1.15 bits per heavy atom. The first kappa shape index (κ1) is 66.3. The van der Waals surface area contributed by atoms with Gasteiger partial charge in [-0.25, -0.2) is 0 Å². The van der Waals surface area contributed by atoms with Crippen molar-refractivity contribution in [3.63, 3.8) is 0 Å². The molecule has 0 aliphatic rings. The molecule has 0 aliphatic heterocycles. The highest BCUT2D eigenvalue weighted by atomic mass is 16.5. The van der Waals surface area contributed by atoms with Gasteiger partial charge in [0.15, 0.2) is 0 Å². The topological polar surface area (TPSA) is 95.9 Å². The van der Waals surface area contributed by atoms with Crippen molar-refractivity contribution in [2.24, 2.45) is 0 Å². The van der Waals surface area contributed by atoms with Gasteiger partial charge in [0.25, 0.3) is 0 Å². The maximum Gasteiger partial charge on any atom is 0.305 e. The number of hydrogen-bond donors (Lipinski definition) is 3. The molecule has 0 radical (unpaired) electrons. The molecule has 0 fully saturated rings. The van der Waals surface area contributed by atoms with Gasteiger partial charge >= 0.3 is 5.97 Å². The van der Waals surface area contributed by atoms with Crippen LogP contribution in [0.3, 0.4) is 0 Å². The molecule has 3 N–H and O–H groups in total. The Kier molecular flexibility index (Phi) is 56.5. The second-order valence-electron chi connectivity index (χ2n) is 21.0. The fourth-order valence-corrected chi connectivity index (χ4v) is 9.57. The van der Waals surface area contributed by atoms with Gasteiger partial charge in [0.2, 0.25) is 5.91 Å². The van der Waals surface area contributed by atoms with E-state index in [0.717, 1.165) is 51.4 Å². The van der Waals surface area contributed by atoms with E-state index in [-0.39, 0.29) is 18.5 Å². The highest BCUT2D eigenvalue weighted by Gasteiger charge is 2.20. The minimum absolute atomic E-state index is 0.0122. The van der Waals surface area contributed by atoms with E-state index >= 15 is 0 Å². The van der Waals surface area contributed by atoms with Crippen LogP contribution < -0.4 is 5.32 Å². The Hall–Kier alpha value is -1.66. The zero-order valence-electron chi connectivity index (χ0n) is 45.9. The van der Waals surface area contributed by atoms with E-state index in [1.807, 2.05) is 6.08 Å². The van der Waals surface area contributed by atoms with Gasteiger partial charge < -0.3 is 20.3 Å². The molecule has 0 aromatic rings. The number of unbranched alkanes of at least 4 members (excludes halogenated alkanes) is 42. The molecule has 402 valence electrons. The van der Waals surface area contributed by atoms with Gasteiger partial charge in [0.1, 0.15) is 0 Å². The summed E-state index contributed by atoms with van der Waals surface area (Å²) in [5, 5.41) is 23.3. The first-order chi connectivity index (χ1) is 33.5. The van der Waals surface area contributed by atoms with Crippen LogP contribution in [0, 0.1) is 0 Å². The number of aliphatic hydroxyl groups is 2. The number of aliphatic hydroxyl groups excluding tert-OH is 2. The molecule has 68 heavy (non-hydrogen) atoms. The summed E-state index contributed by atoms with van der Waals surface area (Å²) in [5.41, 5.74) is 0. The zero-order valence-corrected chi connectivity index (χ0v) is 45.9. The van der Waals surface area contributed by atoms with Gasteiger partial charge in [-0.2, -0.15) is 0 Å². The summed E-state index contributed by atoms with van der Waals surface area (Å²) >= 11 is 0. The molecule has 0 bridgehead atoms. The van der Waals surface area contributed by atoms with Crippen molar-refractivity contribution < 1.29 is 24.5 Å². The standard InChI is InChI=1S/C62H119NO5/c1-3-5-7-9-11-13-15-17-19-21-22-23-24-26-27-30-34-38-42-46-50-54-60(65)59(58-64)63-61(66)55-51-47-43-39-35-31-29-33-37-41-45-49-53-57-68-62(67)56-52-48-44-40-36-32-28-25-20-18-16-14-12-10-8-6-4-2/h31,35,43,47,59-60,64-65H,3-30,32-34,36-42,44-46,48-58H2,1-2H3,(H,63,66)/b35-31-,47-43-. The van der Waals surface area contributed by atoms with Crippen LogP contribution in [-0.4, -0.2) is 47.4 Å². The highest BCUT2D eigenvalue weighted by Crippen LogP contribution is 2.18. The van der Waals surface area contributed by atoms with E-state index in [1.165, 1.54) is 244 Å². The van der Waals surface area contributed by atoms with Crippen LogP contribution in [-0.2, 0) is 14.3 Å². The number of carbonyl (C=O) groups excluding carboxylic acids is 2. The predicted octanol–water partition coefficient (Wildman–Crippen LogP) is 19.0. The molecular formula is C62H119NO5. The number of carbonyl (C=O) groups is 2. The van der Waals surface area contributed by atoms with Crippen LogP contribution in [0.4, 0.5) is 0 Å². The van der Waals surface area contributed by atoms with Crippen molar-refractivity contribution in [1.29, 1.82) is 0 Å². The van der Waals surface area contributed by atoms with E-state index in [0.29, 0.717) is 32.3 Å². The quantitative estimate of drug-likeness (QED) is 0.0321. The van der Waals surface area contributed by atoms with E-state index in [2.05, 4.69) is 37.4 Å². The number of rotatable bonds is 57. The number of nitrogens with one attached hydrogen (secondary N) is 1. The average molecular weight is 959 g/mol. The third-order valence-corrected chi connectivity index (χ3v) is 14.3. The van der Waals surface area contributed by atoms with Crippen LogP contribution in [0.25, 0.3) is 0 Å². The molecule has 0 aromatic carbocycles. The number of allylic oxidation sites excluding steroid dienone is 4. The van der Waals surface area contributed by atoms with Crippen molar-refractivity contribution in [2.75, 3.05) is 13.2 Å². The molecule has 0 saturated heterocycles. The molecule has 6 heteroatoms. The largest absolute Gasteiger partial charge is 0.466 e. The fourth-order valence-electron chi connectivity index (χ4n) is 9.57. The molecule has 6 nitrogen and oxygen atoms in total. The Labute approximate surface area is 424 Å². The molecule has 0 aliphatic carbocycles. The van der Waals surface area contributed by atoms with E-state index < -0.39 is 12.1 Å². The maximum atomic E-state index is 12.5. The van der Waals surface area contributed by atoms with E-state index in [9.17, 15) is 19.8 Å². The van der Waals surface area contributed by atoms with Crippen molar-refractivity contribution in [1.82, 2.24) is 5.32 Å². The summed E-state index contributed by atoms with van der Waals surface area (Å²) in [6, 6.07) is -0.586. The van der Waals surface area contributed by atoms with Crippen molar-refractivity contribution >= 4 is 11.9 Å². The number of ether oxygens (including phenoxy) is 1. The van der Waals surface area contributed by atoms with Gasteiger partial charge in [0, 0.05) is 12.8 Å². The first-order valence-corrected chi connectivity index (χ1v) is 30.6. The lowest BCUT2D eigenvalue weighted by Gasteiger charge is -2.22. The predicted molar refractivity (Wildman–Crippen MR) is 296 cm³/mol. The Bertz CT molecular complexity index is 1060. The molecular weight excluding hydrogens is 839 g/mol. The number of esters is 1. The average Bonchev–Trinajstić information content (AvgIpc) is 3.34. The lowest BCUT2D eigenvalue weighted by molar-refractivity contribution is -0.143. The first-order valence-electron chi connectivity index (χ1n) is 30.6. The van der Waals surface area contributed by atoms with Gasteiger partial charge in [-0.3, -0.25) is 9.59 Å². The molecule has 0 spiro atoms.